The van der Waals surface area contributed by atoms with Crippen LogP contribution in [0.5, 0.6) is 0 Å². The van der Waals surface area contributed by atoms with Gasteiger partial charge in [0.05, 0.1) is 12.5 Å². The number of alkyl halides is 3. The van der Waals surface area contributed by atoms with Gasteiger partial charge in [0, 0.05) is 18.8 Å². The second-order valence-electron chi connectivity index (χ2n) is 5.47. The van der Waals surface area contributed by atoms with Crippen LogP contribution in [0.3, 0.4) is 0 Å². The van der Waals surface area contributed by atoms with E-state index < -0.39 is 30.5 Å². The van der Waals surface area contributed by atoms with Crippen molar-refractivity contribution >= 4 is 17.5 Å². The van der Waals surface area contributed by atoms with Crippen molar-refractivity contribution in [3.8, 4) is 0 Å². The van der Waals surface area contributed by atoms with Gasteiger partial charge in [-0.1, -0.05) is 12.1 Å². The first kappa shape index (κ1) is 17.3. The normalized spacial score (nSPS) is 16.3. The monoisotopic (exact) mass is 330 g/mol. The van der Waals surface area contributed by atoms with E-state index in [1.54, 1.807) is 0 Å². The maximum absolute atomic E-state index is 12.4. The van der Waals surface area contributed by atoms with Crippen LogP contribution in [-0.2, 0) is 16.0 Å². The Morgan fingerprint density at radius 1 is 1.26 bits per heavy atom. The summed E-state index contributed by atoms with van der Waals surface area (Å²) in [6.45, 7) is 0.559. The van der Waals surface area contributed by atoms with Gasteiger partial charge in [0.25, 0.3) is 0 Å². The largest absolute Gasteiger partial charge is 0.393 e. The molecule has 126 valence electrons. The summed E-state index contributed by atoms with van der Waals surface area (Å²) in [4.78, 5) is 25.2. The van der Waals surface area contributed by atoms with Crippen molar-refractivity contribution in [2.45, 2.75) is 31.5 Å². The highest BCUT2D eigenvalue weighted by Crippen LogP contribution is 2.23. The molecule has 5 nitrogen and oxygen atoms in total. The lowest BCUT2D eigenvalue weighted by molar-refractivity contribution is -0.144. The number of anilines is 1. The van der Waals surface area contributed by atoms with Gasteiger partial charge in [-0.3, -0.25) is 9.59 Å². The smallest absolute Gasteiger partial charge is 0.393 e. The molecule has 1 saturated heterocycles. The lowest BCUT2D eigenvalue weighted by Gasteiger charge is -2.28. The lowest BCUT2D eigenvalue weighted by Crippen LogP contribution is -2.45. The van der Waals surface area contributed by atoms with Crippen LogP contribution in [-0.4, -0.2) is 47.2 Å². The Hall–Kier alpha value is -2.09. The van der Waals surface area contributed by atoms with Gasteiger partial charge in [-0.05, 0) is 30.5 Å². The van der Waals surface area contributed by atoms with Crippen LogP contribution < -0.4 is 5.32 Å². The molecule has 0 aliphatic carbocycles. The number of hydrogen-bond acceptors (Lipinski definition) is 3. The van der Waals surface area contributed by atoms with E-state index in [2.05, 4.69) is 5.32 Å². The molecular weight excluding hydrogens is 313 g/mol. The van der Waals surface area contributed by atoms with Crippen LogP contribution in [0, 0.1) is 0 Å². The molecule has 0 spiro atoms. The minimum atomic E-state index is -4.34. The topological polar surface area (TPSA) is 69.6 Å². The molecule has 0 unspecified atom stereocenters. The number of piperidine rings is 1. The van der Waals surface area contributed by atoms with Crippen molar-refractivity contribution in [3.05, 3.63) is 29.8 Å². The Kier molecular flexibility index (Phi) is 5.25. The molecule has 0 bridgehead atoms. The number of aliphatic hydroxyl groups excluding tert-OH is 1. The predicted octanol–water partition coefficient (Wildman–Crippen LogP) is 1.71. The van der Waals surface area contributed by atoms with E-state index in [0.29, 0.717) is 12.8 Å². The first-order valence-corrected chi connectivity index (χ1v) is 7.18. The zero-order chi connectivity index (χ0) is 17.0. The molecule has 0 radical (unpaired) electrons. The number of nitrogens with one attached hydrogen (secondary N) is 1. The Bertz CT molecular complexity index is 582. The van der Waals surface area contributed by atoms with E-state index in [4.69, 9.17) is 0 Å². The zero-order valence-corrected chi connectivity index (χ0v) is 12.3. The van der Waals surface area contributed by atoms with E-state index in [1.807, 2.05) is 0 Å². The van der Waals surface area contributed by atoms with Crippen molar-refractivity contribution < 1.29 is 27.9 Å². The molecule has 1 fully saturated rings. The third-order valence-corrected chi connectivity index (χ3v) is 3.54. The number of likely N-dealkylation sites (tertiary alicyclic amines) is 1. The van der Waals surface area contributed by atoms with Gasteiger partial charge in [0.1, 0.15) is 0 Å². The van der Waals surface area contributed by atoms with Gasteiger partial charge in [0.2, 0.25) is 0 Å². The van der Waals surface area contributed by atoms with Gasteiger partial charge in [-0.2, -0.15) is 13.2 Å². The van der Waals surface area contributed by atoms with Crippen LogP contribution in [0.4, 0.5) is 18.9 Å². The molecule has 23 heavy (non-hydrogen) atoms. The van der Waals surface area contributed by atoms with Gasteiger partial charge in [-0.15, -0.1) is 0 Å². The maximum atomic E-state index is 12.4. The molecule has 1 aromatic rings. The van der Waals surface area contributed by atoms with E-state index in [0.717, 1.165) is 0 Å². The van der Waals surface area contributed by atoms with E-state index in [1.165, 1.54) is 29.2 Å². The quantitative estimate of drug-likeness (QED) is 0.811. The van der Waals surface area contributed by atoms with E-state index in [-0.39, 0.29) is 24.3 Å². The zero-order valence-electron chi connectivity index (χ0n) is 12.3. The fourth-order valence-corrected chi connectivity index (χ4v) is 2.39. The summed E-state index contributed by atoms with van der Waals surface area (Å²) in [6.07, 6.45) is -5.11. The van der Waals surface area contributed by atoms with E-state index in [9.17, 15) is 27.9 Å². The highest BCUT2D eigenvalue weighted by molar-refractivity contribution is 6.39. The Morgan fingerprint density at radius 3 is 2.52 bits per heavy atom. The molecule has 0 atom stereocenters. The number of rotatable bonds is 2. The van der Waals surface area contributed by atoms with Crippen LogP contribution in [0.1, 0.15) is 18.4 Å². The summed E-state index contributed by atoms with van der Waals surface area (Å²) in [5.74, 6) is -1.65. The molecule has 2 amide bonds. The average Bonchev–Trinajstić information content (AvgIpc) is 2.46. The number of hydrogen-bond donors (Lipinski definition) is 2. The minimum absolute atomic E-state index is 0.00356. The summed E-state index contributed by atoms with van der Waals surface area (Å²) in [7, 11) is 0. The highest BCUT2D eigenvalue weighted by atomic mass is 19.4. The number of carbonyl (C=O) groups is 2. The average molecular weight is 330 g/mol. The van der Waals surface area contributed by atoms with Crippen LogP contribution in [0.25, 0.3) is 0 Å². The van der Waals surface area contributed by atoms with Gasteiger partial charge >= 0.3 is 18.0 Å². The van der Waals surface area contributed by atoms with Crippen LogP contribution >= 0.6 is 0 Å². The molecule has 8 heteroatoms. The molecule has 2 N–H and O–H groups in total. The first-order valence-electron chi connectivity index (χ1n) is 7.18. The number of benzene rings is 1. The van der Waals surface area contributed by atoms with Gasteiger partial charge < -0.3 is 15.3 Å². The molecule has 1 aliphatic rings. The van der Waals surface area contributed by atoms with Gasteiger partial charge in [0.15, 0.2) is 0 Å². The summed E-state index contributed by atoms with van der Waals surface area (Å²) in [5.41, 5.74) is 0.144. The number of amides is 2. The molecule has 1 aliphatic heterocycles. The summed E-state index contributed by atoms with van der Waals surface area (Å²) < 4.78 is 37.1. The van der Waals surface area contributed by atoms with Crippen LogP contribution in [0.15, 0.2) is 24.3 Å². The molecule has 0 saturated carbocycles. The molecule has 0 aromatic heterocycles. The van der Waals surface area contributed by atoms with Crippen molar-refractivity contribution in [1.82, 2.24) is 4.90 Å². The van der Waals surface area contributed by atoms with Crippen molar-refractivity contribution in [1.29, 1.82) is 0 Å². The van der Waals surface area contributed by atoms with Crippen molar-refractivity contribution in [2.75, 3.05) is 18.4 Å². The first-order chi connectivity index (χ1) is 10.7. The third-order valence-electron chi connectivity index (χ3n) is 3.54. The standard InChI is InChI=1S/C15H17F3N2O3/c16-15(17,18)9-10-2-1-3-11(8-10)19-13(22)14(23)20-6-4-12(21)5-7-20/h1-3,8,12,21H,4-7,9H2,(H,19,22). The highest BCUT2D eigenvalue weighted by Gasteiger charge is 2.28. The fraction of sp³-hybridized carbons (Fsp3) is 0.467. The second-order valence-corrected chi connectivity index (χ2v) is 5.47. The number of nitrogens with zero attached hydrogens (tertiary/aromatic N) is 1. The van der Waals surface area contributed by atoms with Gasteiger partial charge in [-0.25, -0.2) is 0 Å². The summed E-state index contributed by atoms with van der Waals surface area (Å²) in [6, 6.07) is 5.30. The van der Waals surface area contributed by atoms with Crippen molar-refractivity contribution in [3.63, 3.8) is 0 Å². The minimum Gasteiger partial charge on any atom is -0.393 e. The summed E-state index contributed by atoms with van der Waals surface area (Å²) >= 11 is 0. The fourth-order valence-electron chi connectivity index (χ4n) is 2.39. The molecular formula is C15H17F3N2O3. The number of carbonyl (C=O) groups excluding carboxylic acids is 2. The molecule has 1 aromatic carbocycles. The second kappa shape index (κ2) is 6.99. The Balaban J connectivity index is 1.97. The van der Waals surface area contributed by atoms with Crippen LogP contribution in [0.2, 0.25) is 0 Å². The maximum Gasteiger partial charge on any atom is 0.393 e. The Labute approximate surface area is 131 Å². The Morgan fingerprint density at radius 2 is 1.91 bits per heavy atom. The third kappa shape index (κ3) is 5.24. The predicted molar refractivity (Wildman–Crippen MR) is 76.7 cm³/mol. The number of halogens is 3. The van der Waals surface area contributed by atoms with E-state index >= 15 is 0 Å². The molecule has 2 rings (SSSR count). The summed E-state index contributed by atoms with van der Waals surface area (Å²) in [5, 5.41) is 11.7. The lowest BCUT2D eigenvalue weighted by atomic mass is 10.1. The SMILES string of the molecule is O=C(Nc1cccc(CC(F)(F)F)c1)C(=O)N1CCC(O)CC1. The molecule has 1 heterocycles. The van der Waals surface area contributed by atoms with Crippen molar-refractivity contribution in [2.24, 2.45) is 0 Å². The number of aliphatic hydroxyl groups is 1.